The zero-order valence-electron chi connectivity index (χ0n) is 17.4. The summed E-state index contributed by atoms with van der Waals surface area (Å²) in [6, 6.07) is 22.8. The Balaban J connectivity index is 1.41. The third-order valence-electron chi connectivity index (χ3n) is 6.00. The van der Waals surface area contributed by atoms with Crippen molar-refractivity contribution in [3.05, 3.63) is 89.5 Å². The number of hydrogen-bond acceptors (Lipinski definition) is 4. The van der Waals surface area contributed by atoms with Crippen LogP contribution in [-0.2, 0) is 20.7 Å². The molecule has 2 atom stereocenters. The molecule has 0 bridgehead atoms. The summed E-state index contributed by atoms with van der Waals surface area (Å²) in [6.45, 7) is 3.66. The van der Waals surface area contributed by atoms with E-state index in [0.717, 1.165) is 28.8 Å². The Bertz CT molecular complexity index is 1130. The number of rotatable bonds is 3. The Morgan fingerprint density at radius 3 is 2.19 bits per heavy atom. The molecule has 0 saturated carbocycles. The van der Waals surface area contributed by atoms with Gasteiger partial charge in [0.2, 0.25) is 0 Å². The summed E-state index contributed by atoms with van der Waals surface area (Å²) >= 11 is 0. The number of carbonyl (C=O) groups is 2. The van der Waals surface area contributed by atoms with Crippen LogP contribution in [0.1, 0.15) is 36.5 Å². The molecule has 31 heavy (non-hydrogen) atoms. The number of nitrogens with zero attached hydrogens (tertiary/aromatic N) is 1. The third-order valence-corrected chi connectivity index (χ3v) is 6.00. The minimum Gasteiger partial charge on any atom is -0.457 e. The van der Waals surface area contributed by atoms with Crippen LogP contribution < -0.4 is 9.64 Å². The van der Waals surface area contributed by atoms with Crippen LogP contribution in [0.3, 0.4) is 0 Å². The summed E-state index contributed by atoms with van der Waals surface area (Å²) in [5.74, 6) is -0.0447. The van der Waals surface area contributed by atoms with Crippen molar-refractivity contribution in [3.8, 4) is 11.5 Å². The number of amides is 1. The third kappa shape index (κ3) is 3.26. The molecule has 3 aromatic carbocycles. The zero-order valence-corrected chi connectivity index (χ0v) is 17.4. The lowest BCUT2D eigenvalue weighted by atomic mass is 9.88. The normalized spacial score (nSPS) is 17.7. The molecule has 0 saturated heterocycles. The highest BCUT2D eigenvalue weighted by atomic mass is 16.5. The molecule has 0 aromatic heterocycles. The first-order chi connectivity index (χ1) is 15.0. The number of hydrogen-bond donors (Lipinski definition) is 0. The van der Waals surface area contributed by atoms with E-state index in [4.69, 9.17) is 9.47 Å². The van der Waals surface area contributed by atoms with Crippen LogP contribution in [0.15, 0.2) is 72.8 Å². The molecular formula is C26H23NO4. The summed E-state index contributed by atoms with van der Waals surface area (Å²) in [5, 5.41) is 0. The largest absolute Gasteiger partial charge is 0.457 e. The lowest BCUT2D eigenvalue weighted by Crippen LogP contribution is -2.43. The second kappa shape index (κ2) is 7.58. The number of anilines is 1. The fraction of sp³-hybridized carbons (Fsp3) is 0.231. The maximum atomic E-state index is 13.3. The van der Waals surface area contributed by atoms with Crippen molar-refractivity contribution >= 4 is 17.6 Å². The molecule has 2 aliphatic heterocycles. The minimum atomic E-state index is -0.900. The number of benzene rings is 3. The molecule has 0 spiro atoms. The Morgan fingerprint density at radius 2 is 1.52 bits per heavy atom. The highest BCUT2D eigenvalue weighted by Gasteiger charge is 2.38. The number of para-hydroxylation sites is 3. The van der Waals surface area contributed by atoms with Gasteiger partial charge in [0.15, 0.2) is 6.10 Å². The van der Waals surface area contributed by atoms with Gasteiger partial charge in [-0.15, -0.1) is 0 Å². The van der Waals surface area contributed by atoms with E-state index in [1.54, 1.807) is 11.8 Å². The Morgan fingerprint density at radius 1 is 0.935 bits per heavy atom. The molecule has 3 aromatic rings. The second-order valence-corrected chi connectivity index (χ2v) is 8.08. The monoisotopic (exact) mass is 413 g/mol. The van der Waals surface area contributed by atoms with E-state index in [0.29, 0.717) is 11.5 Å². The van der Waals surface area contributed by atoms with E-state index < -0.39 is 18.0 Å². The average molecular weight is 413 g/mol. The Hall–Kier alpha value is -3.60. The lowest BCUT2D eigenvalue weighted by Gasteiger charge is -2.29. The molecule has 0 fully saturated rings. The van der Waals surface area contributed by atoms with Gasteiger partial charge in [-0.3, -0.25) is 9.59 Å². The van der Waals surface area contributed by atoms with E-state index in [1.807, 2.05) is 79.7 Å². The average Bonchev–Trinajstić information content (AvgIpc) is 3.12. The Labute approximate surface area is 181 Å². The van der Waals surface area contributed by atoms with Crippen molar-refractivity contribution in [2.24, 2.45) is 0 Å². The number of esters is 1. The van der Waals surface area contributed by atoms with Gasteiger partial charge >= 0.3 is 5.97 Å². The van der Waals surface area contributed by atoms with Crippen molar-refractivity contribution in [1.82, 2.24) is 0 Å². The molecule has 0 radical (unpaired) electrons. The summed E-state index contributed by atoms with van der Waals surface area (Å²) < 4.78 is 11.7. The molecule has 0 N–H and O–H groups in total. The molecule has 5 rings (SSSR count). The fourth-order valence-corrected chi connectivity index (χ4v) is 4.55. The molecule has 0 unspecified atom stereocenters. The van der Waals surface area contributed by atoms with Crippen LogP contribution in [0.5, 0.6) is 11.5 Å². The first-order valence-electron chi connectivity index (χ1n) is 10.5. The topological polar surface area (TPSA) is 55.8 Å². The molecule has 156 valence electrons. The number of ether oxygens (including phenoxy) is 2. The maximum absolute atomic E-state index is 13.3. The van der Waals surface area contributed by atoms with Gasteiger partial charge < -0.3 is 14.4 Å². The van der Waals surface area contributed by atoms with Crippen molar-refractivity contribution in [2.45, 2.75) is 38.3 Å². The van der Waals surface area contributed by atoms with Gasteiger partial charge in [-0.05, 0) is 44.0 Å². The van der Waals surface area contributed by atoms with Crippen LogP contribution >= 0.6 is 0 Å². The van der Waals surface area contributed by atoms with Crippen molar-refractivity contribution < 1.29 is 19.1 Å². The highest BCUT2D eigenvalue weighted by molar-refractivity contribution is 6.00. The van der Waals surface area contributed by atoms with Gasteiger partial charge in [0, 0.05) is 22.9 Å². The first-order valence-corrected chi connectivity index (χ1v) is 10.5. The Kier molecular flexibility index (Phi) is 4.74. The van der Waals surface area contributed by atoms with E-state index >= 15 is 0 Å². The molecular weight excluding hydrogens is 390 g/mol. The quantitative estimate of drug-likeness (QED) is 0.577. The van der Waals surface area contributed by atoms with E-state index in [2.05, 4.69) is 0 Å². The predicted molar refractivity (Wildman–Crippen MR) is 117 cm³/mol. The van der Waals surface area contributed by atoms with Gasteiger partial charge in [0.25, 0.3) is 5.91 Å². The summed E-state index contributed by atoms with van der Waals surface area (Å²) in [5.41, 5.74) is 3.51. The standard InChI is InChI=1S/C26H23NO4/c1-16-15-18-9-3-6-12-21(18)27(16)25(28)17(2)30-26(29)24-19-10-4-7-13-22(19)31-23-14-8-5-11-20(23)24/h3-14,16-17,24H,15H2,1-2H3/t16-,17-/m0/s1. The smallest absolute Gasteiger partial charge is 0.318 e. The second-order valence-electron chi connectivity index (χ2n) is 8.08. The molecule has 5 heteroatoms. The summed E-state index contributed by atoms with van der Waals surface area (Å²) in [7, 11) is 0. The van der Waals surface area contributed by atoms with Crippen molar-refractivity contribution in [3.63, 3.8) is 0 Å². The maximum Gasteiger partial charge on any atom is 0.318 e. The van der Waals surface area contributed by atoms with Crippen molar-refractivity contribution in [2.75, 3.05) is 4.90 Å². The highest BCUT2D eigenvalue weighted by Crippen LogP contribution is 2.44. The number of fused-ring (bicyclic) bond motifs is 3. The van der Waals surface area contributed by atoms with E-state index in [9.17, 15) is 9.59 Å². The van der Waals surface area contributed by atoms with Gasteiger partial charge in [-0.2, -0.15) is 0 Å². The van der Waals surface area contributed by atoms with Gasteiger partial charge in [0.05, 0.1) is 0 Å². The first kappa shape index (κ1) is 19.4. The molecule has 0 aliphatic carbocycles. The van der Waals surface area contributed by atoms with Gasteiger partial charge in [-0.1, -0.05) is 54.6 Å². The van der Waals surface area contributed by atoms with Gasteiger partial charge in [0.1, 0.15) is 17.4 Å². The zero-order chi connectivity index (χ0) is 21.5. The molecule has 1 amide bonds. The van der Waals surface area contributed by atoms with Crippen molar-refractivity contribution in [1.29, 1.82) is 0 Å². The molecule has 2 aliphatic rings. The van der Waals surface area contributed by atoms with E-state index in [1.165, 1.54) is 0 Å². The van der Waals surface area contributed by atoms with Gasteiger partial charge in [-0.25, -0.2) is 0 Å². The SMILES string of the molecule is C[C@H](OC(=O)C1c2ccccc2Oc2ccccc21)C(=O)N1c2ccccc2C[C@@H]1C. The van der Waals surface area contributed by atoms with E-state index in [-0.39, 0.29) is 11.9 Å². The molecule has 5 nitrogen and oxygen atoms in total. The van der Waals surface area contributed by atoms with Crippen LogP contribution in [-0.4, -0.2) is 24.0 Å². The summed E-state index contributed by atoms with van der Waals surface area (Å²) in [4.78, 5) is 28.3. The predicted octanol–water partition coefficient (Wildman–Crippen LogP) is 4.83. The number of carbonyl (C=O) groups excluding carboxylic acids is 2. The minimum absolute atomic E-state index is 0.0237. The fourth-order valence-electron chi connectivity index (χ4n) is 4.55. The lowest BCUT2D eigenvalue weighted by molar-refractivity contribution is -0.154. The van der Waals surface area contributed by atoms with Crippen LogP contribution in [0.2, 0.25) is 0 Å². The van der Waals surface area contributed by atoms with Crippen LogP contribution in [0, 0.1) is 0 Å². The summed E-state index contributed by atoms with van der Waals surface area (Å²) in [6.07, 6.45) is -0.105. The van der Waals surface area contributed by atoms with Crippen LogP contribution in [0.4, 0.5) is 5.69 Å². The molecule has 2 heterocycles. The van der Waals surface area contributed by atoms with Crippen LogP contribution in [0.25, 0.3) is 0 Å².